The highest BCUT2D eigenvalue weighted by Crippen LogP contribution is 2.61. The minimum Gasteiger partial charge on any atom is -0.283 e. The number of benzene rings is 1. The molecule has 1 aromatic carbocycles. The zero-order valence-electron chi connectivity index (χ0n) is 18.3. The highest BCUT2D eigenvalue weighted by atomic mass is 32.1. The monoisotopic (exact) mass is 431 g/mol. The van der Waals surface area contributed by atoms with Crippen LogP contribution in [-0.4, -0.2) is 15.9 Å². The molecule has 7 rings (SSSR count). The number of rotatable bonds is 4. The van der Waals surface area contributed by atoms with E-state index in [1.54, 1.807) is 17.5 Å². The maximum atomic E-state index is 14.3. The lowest BCUT2D eigenvalue weighted by atomic mass is 9.49. The molecule has 0 atom stereocenters. The summed E-state index contributed by atoms with van der Waals surface area (Å²) in [6, 6.07) is 8.38. The van der Waals surface area contributed by atoms with Gasteiger partial charge < -0.3 is 0 Å². The van der Waals surface area contributed by atoms with Gasteiger partial charge >= 0.3 is 0 Å². The second-order valence-electron chi connectivity index (χ2n) is 10.4. The number of carbonyl (C=O) groups excluding carboxylic acids is 1. The molecule has 4 bridgehead atoms. The summed E-state index contributed by atoms with van der Waals surface area (Å²) in [5, 5.41) is 0.838. The molecule has 4 aliphatic rings. The summed E-state index contributed by atoms with van der Waals surface area (Å²) in [5.41, 5.74) is 4.40. The van der Waals surface area contributed by atoms with Gasteiger partial charge in [-0.05, 0) is 105 Å². The molecule has 0 N–H and O–H groups in total. The summed E-state index contributed by atoms with van der Waals surface area (Å²) in [6.45, 7) is 4.82. The molecule has 4 nitrogen and oxygen atoms in total. The maximum Gasteiger partial charge on any atom is 0.235 e. The highest BCUT2D eigenvalue weighted by molar-refractivity contribution is 7.22. The molecule has 2 heterocycles. The first-order valence-corrected chi connectivity index (χ1v) is 12.4. The van der Waals surface area contributed by atoms with Crippen molar-refractivity contribution < 1.29 is 4.79 Å². The number of hydrogen-bond acceptors (Lipinski definition) is 4. The molecule has 0 saturated heterocycles. The van der Waals surface area contributed by atoms with Crippen LogP contribution in [0.4, 0.5) is 5.13 Å². The van der Waals surface area contributed by atoms with Gasteiger partial charge in [-0.15, -0.1) is 0 Å². The van der Waals surface area contributed by atoms with E-state index in [9.17, 15) is 4.79 Å². The van der Waals surface area contributed by atoms with Gasteiger partial charge in [0.05, 0.1) is 22.2 Å². The van der Waals surface area contributed by atoms with Crippen molar-refractivity contribution in [3.63, 3.8) is 0 Å². The Bertz CT molecular complexity index is 1080. The highest BCUT2D eigenvalue weighted by Gasteiger charge is 2.56. The van der Waals surface area contributed by atoms with Crippen LogP contribution in [-0.2, 0) is 11.3 Å². The van der Waals surface area contributed by atoms with E-state index in [-0.39, 0.29) is 5.41 Å². The van der Waals surface area contributed by atoms with Crippen molar-refractivity contribution in [3.8, 4) is 0 Å². The molecule has 0 unspecified atom stereocenters. The number of fused-ring (bicyclic) bond motifs is 1. The fourth-order valence-electron chi connectivity index (χ4n) is 6.84. The Morgan fingerprint density at radius 3 is 2.42 bits per heavy atom. The molecular weight excluding hydrogens is 402 g/mol. The molecule has 160 valence electrons. The van der Waals surface area contributed by atoms with Crippen molar-refractivity contribution in [1.29, 1.82) is 0 Å². The molecule has 4 saturated carbocycles. The number of hydrogen-bond donors (Lipinski definition) is 0. The van der Waals surface area contributed by atoms with E-state index in [1.807, 2.05) is 17.2 Å². The topological polar surface area (TPSA) is 46.1 Å². The Kier molecular flexibility index (Phi) is 4.46. The van der Waals surface area contributed by atoms with Crippen molar-refractivity contribution in [3.05, 3.63) is 53.3 Å². The lowest BCUT2D eigenvalue weighted by Crippen LogP contribution is -2.54. The van der Waals surface area contributed by atoms with Crippen LogP contribution >= 0.6 is 11.3 Å². The number of aromatic nitrogens is 2. The van der Waals surface area contributed by atoms with E-state index in [4.69, 9.17) is 4.98 Å². The van der Waals surface area contributed by atoms with Crippen molar-refractivity contribution in [2.45, 2.75) is 58.9 Å². The molecule has 5 heteroatoms. The van der Waals surface area contributed by atoms with E-state index >= 15 is 0 Å². The molecule has 31 heavy (non-hydrogen) atoms. The Hall–Kier alpha value is -2.27. The number of carbonyl (C=O) groups is 1. The molecule has 0 spiro atoms. The van der Waals surface area contributed by atoms with Crippen LogP contribution in [0.5, 0.6) is 0 Å². The summed E-state index contributed by atoms with van der Waals surface area (Å²) in [6.07, 6.45) is 10.9. The second-order valence-corrected chi connectivity index (χ2v) is 11.4. The lowest BCUT2D eigenvalue weighted by Gasteiger charge is -2.56. The SMILES string of the molecule is Cc1cc2nc(N(Cc3cccnc3)C(=O)C34CC5CC(CC(C5)C3)C4)sc2cc1C. The molecule has 0 radical (unpaired) electrons. The molecule has 3 aromatic rings. The van der Waals surface area contributed by atoms with Crippen molar-refractivity contribution >= 4 is 32.6 Å². The van der Waals surface area contributed by atoms with Gasteiger partial charge in [0.15, 0.2) is 5.13 Å². The number of anilines is 1. The van der Waals surface area contributed by atoms with E-state index in [0.717, 1.165) is 57.9 Å². The zero-order chi connectivity index (χ0) is 21.2. The van der Waals surface area contributed by atoms with E-state index in [1.165, 1.54) is 30.4 Å². The van der Waals surface area contributed by atoms with Gasteiger partial charge in [0.1, 0.15) is 0 Å². The van der Waals surface area contributed by atoms with Gasteiger partial charge in [0.2, 0.25) is 5.91 Å². The van der Waals surface area contributed by atoms with Crippen molar-refractivity contribution in [1.82, 2.24) is 9.97 Å². The van der Waals surface area contributed by atoms with E-state index < -0.39 is 0 Å². The summed E-state index contributed by atoms with van der Waals surface area (Å²) >= 11 is 1.65. The van der Waals surface area contributed by atoms with E-state index in [2.05, 4.69) is 37.0 Å². The van der Waals surface area contributed by atoms with Gasteiger partial charge in [0.25, 0.3) is 0 Å². The third-order valence-electron chi connectivity index (χ3n) is 8.02. The Labute approximate surface area is 187 Å². The van der Waals surface area contributed by atoms with Gasteiger partial charge in [-0.3, -0.25) is 14.7 Å². The number of thiazole rings is 1. The van der Waals surface area contributed by atoms with Crippen LogP contribution in [0.3, 0.4) is 0 Å². The standard InChI is InChI=1S/C26H29N3OS/c1-16-6-22-23(7-17(16)2)31-25(28-22)29(15-18-4-3-5-27-14-18)24(30)26-11-19-8-20(12-26)10-21(9-19)13-26/h3-7,14,19-21H,8-13,15H2,1-2H3. The predicted molar refractivity (Wildman–Crippen MR) is 125 cm³/mol. The number of aryl methyl sites for hydroxylation is 2. The number of nitrogens with zero attached hydrogens (tertiary/aromatic N) is 3. The number of pyridine rings is 1. The van der Waals surface area contributed by atoms with Crippen molar-refractivity contribution in [2.24, 2.45) is 23.2 Å². The Morgan fingerprint density at radius 1 is 1.10 bits per heavy atom. The smallest absolute Gasteiger partial charge is 0.235 e. The number of amides is 1. The zero-order valence-corrected chi connectivity index (χ0v) is 19.1. The second kappa shape index (κ2) is 7.13. The Balaban J connectivity index is 1.41. The molecule has 0 aliphatic heterocycles. The maximum absolute atomic E-state index is 14.3. The van der Waals surface area contributed by atoms with Gasteiger partial charge in [-0.25, -0.2) is 4.98 Å². The van der Waals surface area contributed by atoms with Crippen LogP contribution < -0.4 is 4.90 Å². The quantitative estimate of drug-likeness (QED) is 0.504. The molecule has 4 aliphatic carbocycles. The molecule has 1 amide bonds. The summed E-state index contributed by atoms with van der Waals surface area (Å²) in [5.74, 6) is 2.55. The van der Waals surface area contributed by atoms with Crippen LogP contribution in [0, 0.1) is 37.0 Å². The predicted octanol–water partition coefficient (Wildman–Crippen LogP) is 6.06. The van der Waals surface area contributed by atoms with Crippen LogP contribution in [0.25, 0.3) is 10.2 Å². The first-order chi connectivity index (χ1) is 15.0. The van der Waals surface area contributed by atoms with Gasteiger partial charge in [-0.2, -0.15) is 0 Å². The molecular formula is C26H29N3OS. The van der Waals surface area contributed by atoms with Gasteiger partial charge in [0, 0.05) is 12.4 Å². The molecule has 4 fully saturated rings. The van der Waals surface area contributed by atoms with Gasteiger partial charge in [-0.1, -0.05) is 17.4 Å². The first-order valence-electron chi connectivity index (χ1n) is 11.6. The van der Waals surface area contributed by atoms with Crippen molar-refractivity contribution in [2.75, 3.05) is 4.90 Å². The largest absolute Gasteiger partial charge is 0.283 e. The third kappa shape index (κ3) is 3.29. The molecule has 2 aromatic heterocycles. The van der Waals surface area contributed by atoms with Crippen LogP contribution in [0.1, 0.15) is 55.2 Å². The fraction of sp³-hybridized carbons (Fsp3) is 0.500. The summed E-state index contributed by atoms with van der Waals surface area (Å²) in [7, 11) is 0. The fourth-order valence-corrected chi connectivity index (χ4v) is 7.89. The van der Waals surface area contributed by atoms with Crippen LogP contribution in [0.2, 0.25) is 0 Å². The first kappa shape index (κ1) is 19.4. The summed E-state index contributed by atoms with van der Waals surface area (Å²) < 4.78 is 1.16. The summed E-state index contributed by atoms with van der Waals surface area (Å²) in [4.78, 5) is 25.5. The average Bonchev–Trinajstić information content (AvgIpc) is 3.14. The van der Waals surface area contributed by atoms with E-state index in [0.29, 0.717) is 12.5 Å². The third-order valence-corrected chi connectivity index (χ3v) is 9.07. The lowest BCUT2D eigenvalue weighted by molar-refractivity contribution is -0.143. The Morgan fingerprint density at radius 2 is 1.77 bits per heavy atom. The minimum atomic E-state index is -0.180. The minimum absolute atomic E-state index is 0.180. The normalized spacial score (nSPS) is 28.9. The van der Waals surface area contributed by atoms with Crippen LogP contribution in [0.15, 0.2) is 36.7 Å². The average molecular weight is 432 g/mol.